The highest BCUT2D eigenvalue weighted by Crippen LogP contribution is 2.44. The minimum absolute atomic E-state index is 0.249. The highest BCUT2D eigenvalue weighted by atomic mass is 16.5. The molecule has 0 fully saturated rings. The number of hydrogen-bond donors (Lipinski definition) is 0. The summed E-state index contributed by atoms with van der Waals surface area (Å²) in [6, 6.07) is 17.6. The van der Waals surface area contributed by atoms with E-state index >= 15 is 0 Å². The van der Waals surface area contributed by atoms with E-state index in [0.717, 1.165) is 28.2 Å². The minimum Gasteiger partial charge on any atom is -0.463 e. The number of ether oxygens (including phenoxy) is 2. The van der Waals surface area contributed by atoms with Gasteiger partial charge in [0, 0.05) is 17.1 Å². The molecule has 5 nitrogen and oxygen atoms in total. The smallest absolute Gasteiger partial charge is 0.336 e. The molecular formula is C26H29NO4. The molecule has 1 aliphatic heterocycles. The molecule has 0 amide bonds. The molecule has 0 unspecified atom stereocenters. The molecule has 2 aromatic rings. The maximum absolute atomic E-state index is 13.2. The van der Waals surface area contributed by atoms with Gasteiger partial charge < -0.3 is 14.4 Å². The van der Waals surface area contributed by atoms with Crippen LogP contribution in [0.5, 0.6) is 0 Å². The van der Waals surface area contributed by atoms with Gasteiger partial charge in [-0.25, -0.2) is 9.59 Å². The van der Waals surface area contributed by atoms with Crippen LogP contribution in [-0.4, -0.2) is 25.2 Å². The number of hydrogen-bond acceptors (Lipinski definition) is 5. The zero-order valence-electron chi connectivity index (χ0n) is 18.8. The largest absolute Gasteiger partial charge is 0.463 e. The van der Waals surface area contributed by atoms with E-state index in [2.05, 4.69) is 0 Å². The van der Waals surface area contributed by atoms with Gasteiger partial charge in [0.15, 0.2) is 0 Å². The van der Waals surface area contributed by atoms with Crippen molar-refractivity contribution in [3.63, 3.8) is 0 Å². The monoisotopic (exact) mass is 419 g/mol. The predicted octanol–water partition coefficient (Wildman–Crippen LogP) is 5.27. The van der Waals surface area contributed by atoms with E-state index in [1.165, 1.54) is 0 Å². The molecule has 2 aromatic carbocycles. The summed E-state index contributed by atoms with van der Waals surface area (Å²) in [4.78, 5) is 28.3. The van der Waals surface area contributed by atoms with Crippen molar-refractivity contribution in [2.75, 3.05) is 18.1 Å². The molecule has 0 bridgehead atoms. The van der Waals surface area contributed by atoms with Crippen LogP contribution in [-0.2, 0) is 19.1 Å². The van der Waals surface area contributed by atoms with Crippen LogP contribution >= 0.6 is 0 Å². The first-order chi connectivity index (χ1) is 14.9. The number of anilines is 1. The third-order valence-electron chi connectivity index (χ3n) is 5.44. The molecule has 31 heavy (non-hydrogen) atoms. The van der Waals surface area contributed by atoms with Gasteiger partial charge in [0.05, 0.1) is 30.3 Å². The van der Waals surface area contributed by atoms with Gasteiger partial charge in [0.1, 0.15) is 0 Å². The maximum Gasteiger partial charge on any atom is 0.336 e. The van der Waals surface area contributed by atoms with Crippen LogP contribution in [0.15, 0.2) is 77.1 Å². The molecule has 1 heterocycles. The first kappa shape index (κ1) is 22.3. The Bertz CT molecular complexity index is 977. The molecule has 1 aliphatic rings. The lowest BCUT2D eigenvalue weighted by Gasteiger charge is -2.38. The molecule has 0 saturated heterocycles. The van der Waals surface area contributed by atoms with Gasteiger partial charge in [-0.15, -0.1) is 0 Å². The summed E-state index contributed by atoms with van der Waals surface area (Å²) in [5, 5.41) is 0. The Balaban J connectivity index is 2.30. The highest BCUT2D eigenvalue weighted by Gasteiger charge is 2.40. The number of aryl methyl sites for hydroxylation is 1. The summed E-state index contributed by atoms with van der Waals surface area (Å²) < 4.78 is 10.9. The first-order valence-electron chi connectivity index (χ1n) is 10.6. The Kier molecular flexibility index (Phi) is 6.95. The quantitative estimate of drug-likeness (QED) is 0.597. The van der Waals surface area contributed by atoms with E-state index in [0.29, 0.717) is 11.1 Å². The molecule has 0 saturated carbocycles. The van der Waals surface area contributed by atoms with Crippen LogP contribution in [0.4, 0.5) is 5.69 Å². The number of rotatable bonds is 6. The molecule has 0 aromatic heterocycles. The van der Waals surface area contributed by atoms with Gasteiger partial charge in [0.25, 0.3) is 0 Å². The van der Waals surface area contributed by atoms with Crippen LogP contribution in [0.1, 0.15) is 44.7 Å². The van der Waals surface area contributed by atoms with Crippen LogP contribution in [0.25, 0.3) is 0 Å². The molecule has 0 N–H and O–H groups in total. The molecule has 3 rings (SSSR count). The zero-order chi connectivity index (χ0) is 22.5. The van der Waals surface area contributed by atoms with Crippen LogP contribution in [0.3, 0.4) is 0 Å². The summed E-state index contributed by atoms with van der Waals surface area (Å²) in [6.07, 6.45) is 0. The van der Waals surface area contributed by atoms with Crippen molar-refractivity contribution < 1.29 is 19.1 Å². The Morgan fingerprint density at radius 3 is 1.71 bits per heavy atom. The highest BCUT2D eigenvalue weighted by molar-refractivity contribution is 6.01. The topological polar surface area (TPSA) is 55.8 Å². The SMILES string of the molecule is CCOC(=O)C1=C(C)N(c2ccccc2)C(C)=C(C(=O)OCC)C1c1ccc(C)cc1. The summed E-state index contributed by atoms with van der Waals surface area (Å²) >= 11 is 0. The lowest BCUT2D eigenvalue weighted by Crippen LogP contribution is -2.35. The van der Waals surface area contributed by atoms with Crippen molar-refractivity contribution in [3.05, 3.63) is 88.3 Å². The Morgan fingerprint density at radius 1 is 0.774 bits per heavy atom. The van der Waals surface area contributed by atoms with E-state index in [9.17, 15) is 9.59 Å². The number of carbonyl (C=O) groups is 2. The molecule has 0 spiro atoms. The van der Waals surface area contributed by atoms with Crippen molar-refractivity contribution in [1.82, 2.24) is 0 Å². The van der Waals surface area contributed by atoms with Crippen molar-refractivity contribution >= 4 is 17.6 Å². The number of para-hydroxylation sites is 1. The summed E-state index contributed by atoms with van der Waals surface area (Å²) in [6.45, 7) is 9.85. The third kappa shape index (κ3) is 4.41. The van der Waals surface area contributed by atoms with Crippen molar-refractivity contribution in [2.24, 2.45) is 0 Å². The Labute approximate surface area is 184 Å². The second-order valence-corrected chi connectivity index (χ2v) is 7.45. The third-order valence-corrected chi connectivity index (χ3v) is 5.44. The second kappa shape index (κ2) is 9.65. The Hall–Kier alpha value is -3.34. The second-order valence-electron chi connectivity index (χ2n) is 7.45. The zero-order valence-corrected chi connectivity index (χ0v) is 18.8. The molecule has 0 aliphatic carbocycles. The number of allylic oxidation sites excluding steroid dienone is 2. The molecule has 0 atom stereocenters. The van der Waals surface area contributed by atoms with Gasteiger partial charge >= 0.3 is 11.9 Å². The number of carbonyl (C=O) groups excluding carboxylic acids is 2. The van der Waals surface area contributed by atoms with E-state index < -0.39 is 17.9 Å². The van der Waals surface area contributed by atoms with E-state index in [1.54, 1.807) is 13.8 Å². The van der Waals surface area contributed by atoms with Crippen LogP contribution in [0, 0.1) is 6.92 Å². The first-order valence-corrected chi connectivity index (χ1v) is 10.6. The van der Waals surface area contributed by atoms with E-state index in [4.69, 9.17) is 9.47 Å². The van der Waals surface area contributed by atoms with Crippen molar-refractivity contribution in [2.45, 2.75) is 40.5 Å². The molecule has 5 heteroatoms. The fourth-order valence-electron chi connectivity index (χ4n) is 4.06. The van der Waals surface area contributed by atoms with Crippen LogP contribution in [0.2, 0.25) is 0 Å². The molecule has 0 radical (unpaired) electrons. The fourth-order valence-corrected chi connectivity index (χ4v) is 4.06. The normalized spacial score (nSPS) is 14.7. The predicted molar refractivity (Wildman–Crippen MR) is 122 cm³/mol. The van der Waals surface area contributed by atoms with Gasteiger partial charge in [-0.2, -0.15) is 0 Å². The standard InChI is InChI=1S/C26H29NO4/c1-6-30-25(28)22-18(4)27(21-11-9-8-10-12-21)19(5)23(26(29)31-7-2)24(22)20-15-13-17(3)14-16-20/h8-16,24H,6-7H2,1-5H3. The van der Waals surface area contributed by atoms with Crippen molar-refractivity contribution in [1.29, 1.82) is 0 Å². The van der Waals surface area contributed by atoms with Crippen molar-refractivity contribution in [3.8, 4) is 0 Å². The lowest BCUT2D eigenvalue weighted by atomic mass is 9.79. The summed E-state index contributed by atoms with van der Waals surface area (Å²) in [7, 11) is 0. The average molecular weight is 420 g/mol. The summed E-state index contributed by atoms with van der Waals surface area (Å²) in [5.41, 5.74) is 5.18. The summed E-state index contributed by atoms with van der Waals surface area (Å²) in [5.74, 6) is -1.43. The average Bonchev–Trinajstić information content (AvgIpc) is 2.75. The Morgan fingerprint density at radius 2 is 1.26 bits per heavy atom. The van der Waals surface area contributed by atoms with E-state index in [1.807, 2.05) is 80.3 Å². The van der Waals surface area contributed by atoms with Gasteiger partial charge in [0.2, 0.25) is 0 Å². The lowest BCUT2D eigenvalue weighted by molar-refractivity contribution is -0.139. The van der Waals surface area contributed by atoms with E-state index in [-0.39, 0.29) is 13.2 Å². The van der Waals surface area contributed by atoms with Gasteiger partial charge in [-0.05, 0) is 52.3 Å². The number of benzene rings is 2. The van der Waals surface area contributed by atoms with Gasteiger partial charge in [-0.3, -0.25) is 0 Å². The number of nitrogens with zero attached hydrogens (tertiary/aromatic N) is 1. The molecule has 162 valence electrons. The maximum atomic E-state index is 13.2. The number of esters is 2. The van der Waals surface area contributed by atoms with Crippen LogP contribution < -0.4 is 4.90 Å². The molecular weight excluding hydrogens is 390 g/mol. The van der Waals surface area contributed by atoms with Gasteiger partial charge in [-0.1, -0.05) is 48.0 Å². The fraction of sp³-hybridized carbons (Fsp3) is 0.308. The minimum atomic E-state index is -0.571.